The molecule has 9 aromatic rings. The van der Waals surface area contributed by atoms with Crippen LogP contribution in [0.5, 0.6) is 0 Å². The number of rotatable bonds is 4. The average Bonchev–Trinajstić information content (AvgIpc) is 3.64. The molecule has 1 aliphatic rings. The van der Waals surface area contributed by atoms with Gasteiger partial charge in [0, 0.05) is 38.6 Å². The summed E-state index contributed by atoms with van der Waals surface area (Å²) in [5, 5.41) is 4.95. The van der Waals surface area contributed by atoms with Crippen LogP contribution < -0.4 is 0 Å². The summed E-state index contributed by atoms with van der Waals surface area (Å²) >= 11 is 0. The van der Waals surface area contributed by atoms with Crippen molar-refractivity contribution in [2.75, 3.05) is 0 Å². The Morgan fingerprint density at radius 3 is 1.68 bits per heavy atom. The van der Waals surface area contributed by atoms with Crippen LogP contribution in [0.4, 0.5) is 0 Å². The van der Waals surface area contributed by atoms with Crippen LogP contribution in [0.1, 0.15) is 25.0 Å². The Labute approximate surface area is 290 Å². The van der Waals surface area contributed by atoms with Crippen molar-refractivity contribution in [2.24, 2.45) is 0 Å². The van der Waals surface area contributed by atoms with E-state index < -0.39 is 0 Å². The predicted molar refractivity (Wildman–Crippen MR) is 206 cm³/mol. The molecule has 50 heavy (non-hydrogen) atoms. The molecule has 0 N–H and O–H groups in total. The predicted octanol–water partition coefficient (Wildman–Crippen LogP) is 11.4. The molecule has 0 spiro atoms. The van der Waals surface area contributed by atoms with Gasteiger partial charge in [0.05, 0.1) is 11.0 Å². The van der Waals surface area contributed by atoms with Crippen LogP contribution in [0.25, 0.3) is 83.6 Å². The first kappa shape index (κ1) is 28.6. The van der Waals surface area contributed by atoms with E-state index in [9.17, 15) is 0 Å². The maximum absolute atomic E-state index is 5.09. The molecular weight excluding hydrogens is 609 g/mol. The van der Waals surface area contributed by atoms with Crippen molar-refractivity contribution >= 4 is 32.6 Å². The molecule has 2 aromatic heterocycles. The number of hydrogen-bond donors (Lipinski definition) is 0. The molecule has 0 saturated carbocycles. The minimum Gasteiger partial charge on any atom is -0.309 e. The molecule has 10 rings (SSSR count). The third-order valence-electron chi connectivity index (χ3n) is 10.4. The lowest BCUT2D eigenvalue weighted by Gasteiger charge is -2.24. The Bertz CT molecular complexity index is 2710. The second-order valence-corrected chi connectivity index (χ2v) is 13.6. The molecule has 0 saturated heterocycles. The topological polar surface area (TPSA) is 43.6 Å². The van der Waals surface area contributed by atoms with Gasteiger partial charge in [-0.15, -0.1) is 0 Å². The minimum absolute atomic E-state index is 0.207. The highest BCUT2D eigenvalue weighted by atomic mass is 15.0. The summed E-state index contributed by atoms with van der Waals surface area (Å²) in [7, 11) is 0. The van der Waals surface area contributed by atoms with Crippen LogP contribution >= 0.6 is 0 Å². The molecule has 0 unspecified atom stereocenters. The van der Waals surface area contributed by atoms with Crippen LogP contribution in [0.3, 0.4) is 0 Å². The smallest absolute Gasteiger partial charge is 0.164 e. The summed E-state index contributed by atoms with van der Waals surface area (Å²) in [6, 6.07) is 55.7. The third-order valence-corrected chi connectivity index (χ3v) is 10.4. The standard InChI is InChI=1S/C46H32N4/c1-46(2)37-25-15-14-24-35(37)39-33-22-12-13-23-34(33)40-36-28-31(26-27-38(36)50(42(40)41(39)46)32-20-10-5-11-21-32)45-48-43(29-16-6-3-7-17-29)47-44(49-45)30-18-8-4-9-19-30/h3-28H,1-2H3. The van der Waals surface area contributed by atoms with Crippen LogP contribution in [0.2, 0.25) is 0 Å². The second-order valence-electron chi connectivity index (χ2n) is 13.6. The van der Waals surface area contributed by atoms with Crippen molar-refractivity contribution < 1.29 is 0 Å². The normalized spacial score (nSPS) is 13.2. The third kappa shape index (κ3) is 4.15. The van der Waals surface area contributed by atoms with E-state index >= 15 is 0 Å². The fraction of sp³-hybridized carbons (Fsp3) is 0.0652. The largest absolute Gasteiger partial charge is 0.309 e. The number of aromatic nitrogens is 4. The Morgan fingerprint density at radius 2 is 1.02 bits per heavy atom. The fourth-order valence-corrected chi connectivity index (χ4v) is 8.16. The SMILES string of the molecule is CC1(C)c2ccccc2-c2c1c1c(c3ccccc23)c2cc(-c3nc(-c4ccccc4)nc(-c4ccccc4)n3)ccc2n1-c1ccccc1. The van der Waals surface area contributed by atoms with E-state index in [1.807, 2.05) is 36.4 Å². The van der Waals surface area contributed by atoms with Crippen molar-refractivity contribution in [1.82, 2.24) is 19.5 Å². The van der Waals surface area contributed by atoms with Gasteiger partial charge >= 0.3 is 0 Å². The van der Waals surface area contributed by atoms with Gasteiger partial charge in [0.1, 0.15) is 0 Å². The van der Waals surface area contributed by atoms with Gasteiger partial charge in [-0.1, -0.05) is 141 Å². The highest BCUT2D eigenvalue weighted by Crippen LogP contribution is 2.56. The molecule has 1 aliphatic carbocycles. The molecular formula is C46H32N4. The minimum atomic E-state index is -0.207. The van der Waals surface area contributed by atoms with Crippen LogP contribution in [0, 0.1) is 0 Å². The first-order valence-corrected chi connectivity index (χ1v) is 17.1. The van der Waals surface area contributed by atoms with Crippen molar-refractivity contribution in [3.8, 4) is 51.0 Å². The van der Waals surface area contributed by atoms with E-state index in [4.69, 9.17) is 15.0 Å². The molecule has 0 radical (unpaired) electrons. The first-order chi connectivity index (χ1) is 24.6. The van der Waals surface area contributed by atoms with Gasteiger partial charge < -0.3 is 4.57 Å². The van der Waals surface area contributed by atoms with Crippen molar-refractivity contribution in [3.05, 3.63) is 169 Å². The zero-order valence-corrected chi connectivity index (χ0v) is 27.8. The molecule has 2 heterocycles. The maximum Gasteiger partial charge on any atom is 0.164 e. The number of benzene rings is 7. The van der Waals surface area contributed by atoms with Crippen molar-refractivity contribution in [3.63, 3.8) is 0 Å². The van der Waals surface area contributed by atoms with Crippen LogP contribution in [0.15, 0.2) is 158 Å². The Hall–Kier alpha value is -6.39. The second kappa shape index (κ2) is 10.8. The summed E-state index contributed by atoms with van der Waals surface area (Å²) in [5.41, 5.74) is 11.6. The Morgan fingerprint density at radius 1 is 0.480 bits per heavy atom. The van der Waals surface area contributed by atoms with Crippen molar-refractivity contribution in [1.29, 1.82) is 0 Å². The fourth-order valence-electron chi connectivity index (χ4n) is 8.16. The number of nitrogens with zero attached hydrogens (tertiary/aromatic N) is 4. The molecule has 0 fully saturated rings. The highest BCUT2D eigenvalue weighted by molar-refractivity contribution is 6.27. The summed E-state index contributed by atoms with van der Waals surface area (Å²) in [6.07, 6.45) is 0. The Balaban J connectivity index is 1.33. The molecule has 0 atom stereocenters. The summed E-state index contributed by atoms with van der Waals surface area (Å²) in [6.45, 7) is 4.76. The van der Waals surface area contributed by atoms with Gasteiger partial charge in [0.25, 0.3) is 0 Å². The van der Waals surface area contributed by atoms with E-state index in [1.54, 1.807) is 0 Å². The monoisotopic (exact) mass is 640 g/mol. The number of hydrogen-bond acceptors (Lipinski definition) is 3. The maximum atomic E-state index is 5.09. The van der Waals surface area contributed by atoms with Crippen LogP contribution in [-0.4, -0.2) is 19.5 Å². The number of fused-ring (bicyclic) bond motifs is 10. The van der Waals surface area contributed by atoms with E-state index in [2.05, 4.69) is 140 Å². The van der Waals surface area contributed by atoms with Crippen LogP contribution in [-0.2, 0) is 5.41 Å². The molecule has 0 amide bonds. The lowest BCUT2D eigenvalue weighted by Crippen LogP contribution is -2.16. The quantitative estimate of drug-likeness (QED) is 0.192. The molecule has 4 heteroatoms. The van der Waals surface area contributed by atoms with Gasteiger partial charge in [0.15, 0.2) is 17.5 Å². The zero-order valence-electron chi connectivity index (χ0n) is 27.8. The molecule has 4 nitrogen and oxygen atoms in total. The molecule has 0 aliphatic heterocycles. The Kier molecular flexibility index (Phi) is 6.19. The summed E-state index contributed by atoms with van der Waals surface area (Å²) in [4.78, 5) is 15.1. The average molecular weight is 641 g/mol. The molecule has 0 bridgehead atoms. The highest BCUT2D eigenvalue weighted by Gasteiger charge is 2.40. The first-order valence-electron chi connectivity index (χ1n) is 17.1. The van der Waals surface area contributed by atoms with Gasteiger partial charge in [-0.25, -0.2) is 15.0 Å². The van der Waals surface area contributed by atoms with E-state index in [0.717, 1.165) is 27.9 Å². The molecule has 236 valence electrons. The lowest BCUT2D eigenvalue weighted by atomic mass is 9.80. The summed E-state index contributed by atoms with van der Waals surface area (Å²) in [5.74, 6) is 1.96. The van der Waals surface area contributed by atoms with E-state index in [1.165, 1.54) is 49.3 Å². The van der Waals surface area contributed by atoms with E-state index in [-0.39, 0.29) is 5.41 Å². The van der Waals surface area contributed by atoms with Gasteiger partial charge in [-0.2, -0.15) is 0 Å². The van der Waals surface area contributed by atoms with Gasteiger partial charge in [-0.3, -0.25) is 0 Å². The number of para-hydroxylation sites is 1. The van der Waals surface area contributed by atoms with Gasteiger partial charge in [-0.05, 0) is 63.4 Å². The lowest BCUT2D eigenvalue weighted by molar-refractivity contribution is 0.664. The molecule has 7 aromatic carbocycles. The van der Waals surface area contributed by atoms with Gasteiger partial charge in [0.2, 0.25) is 0 Å². The summed E-state index contributed by atoms with van der Waals surface area (Å²) < 4.78 is 2.48. The van der Waals surface area contributed by atoms with Crippen molar-refractivity contribution in [2.45, 2.75) is 19.3 Å². The van der Waals surface area contributed by atoms with E-state index in [0.29, 0.717) is 17.5 Å². The zero-order chi connectivity index (χ0) is 33.4.